The minimum atomic E-state index is -0.260. The van der Waals surface area contributed by atoms with Crippen LogP contribution < -0.4 is 0 Å². The Hall–Kier alpha value is -0.120. The number of rotatable bonds is 0. The van der Waals surface area contributed by atoms with Crippen molar-refractivity contribution >= 4 is 0 Å². The van der Waals surface area contributed by atoms with Crippen molar-refractivity contribution in [1.82, 2.24) is 0 Å². The van der Waals surface area contributed by atoms with Crippen molar-refractivity contribution in [3.8, 4) is 0 Å². The van der Waals surface area contributed by atoms with E-state index < -0.39 is 0 Å². The molecule has 1 saturated heterocycles. The number of hydrogen-bond acceptors (Lipinski definition) is 3. The molecule has 3 nitrogen and oxygen atoms in total. The molecule has 1 aliphatic heterocycles. The van der Waals surface area contributed by atoms with Crippen LogP contribution in [0.3, 0.4) is 0 Å². The molecule has 0 bridgehead atoms. The van der Waals surface area contributed by atoms with Crippen LogP contribution in [0.2, 0.25) is 0 Å². The molecular formula is C11H18O3. The molecule has 3 aliphatic rings. The van der Waals surface area contributed by atoms with Crippen LogP contribution in [-0.4, -0.2) is 30.2 Å². The lowest BCUT2D eigenvalue weighted by Gasteiger charge is -2.24. The van der Waals surface area contributed by atoms with Gasteiger partial charge in [0.25, 0.3) is 0 Å². The van der Waals surface area contributed by atoms with E-state index in [0.717, 1.165) is 32.5 Å². The normalized spacial score (nSPS) is 50.1. The molecule has 3 heteroatoms. The summed E-state index contributed by atoms with van der Waals surface area (Å²) in [6.45, 7) is 3.65. The average molecular weight is 198 g/mol. The summed E-state index contributed by atoms with van der Waals surface area (Å²) in [5, 5.41) is 9.75. The zero-order chi connectivity index (χ0) is 9.76. The first-order chi connectivity index (χ1) is 6.70. The highest BCUT2D eigenvalue weighted by molar-refractivity contribution is 5.00. The number of aliphatic hydroxyl groups is 1. The van der Waals surface area contributed by atoms with Gasteiger partial charge in [-0.1, -0.05) is 6.92 Å². The Labute approximate surface area is 84.4 Å². The molecule has 14 heavy (non-hydrogen) atoms. The van der Waals surface area contributed by atoms with E-state index in [2.05, 4.69) is 6.92 Å². The van der Waals surface area contributed by atoms with E-state index in [1.807, 2.05) is 0 Å². The first-order valence-electron chi connectivity index (χ1n) is 5.66. The molecule has 80 valence electrons. The molecule has 1 N–H and O–H groups in total. The van der Waals surface area contributed by atoms with Crippen molar-refractivity contribution in [3.05, 3.63) is 0 Å². The molecule has 2 aliphatic carbocycles. The van der Waals surface area contributed by atoms with E-state index in [1.54, 1.807) is 0 Å². The summed E-state index contributed by atoms with van der Waals surface area (Å²) in [7, 11) is 0. The zero-order valence-electron chi connectivity index (χ0n) is 8.61. The third-order valence-corrected chi connectivity index (χ3v) is 4.37. The molecule has 0 aromatic carbocycles. The second-order valence-electron chi connectivity index (χ2n) is 5.10. The van der Waals surface area contributed by atoms with Gasteiger partial charge in [-0.25, -0.2) is 0 Å². The van der Waals surface area contributed by atoms with Gasteiger partial charge in [0.05, 0.1) is 19.3 Å². The maximum atomic E-state index is 9.75. The van der Waals surface area contributed by atoms with Gasteiger partial charge in [-0.15, -0.1) is 0 Å². The maximum Gasteiger partial charge on any atom is 0.169 e. The standard InChI is InChI=1S/C11H18O3/c1-7-9-6-11(13-2-3-14-11)5-8(9)4-10(7)12/h7-10,12H,2-6H2,1H3/t7-,8-,9-,10-/m0/s1. The van der Waals surface area contributed by atoms with Gasteiger partial charge in [0.2, 0.25) is 0 Å². The summed E-state index contributed by atoms with van der Waals surface area (Å²) < 4.78 is 11.4. The van der Waals surface area contributed by atoms with E-state index in [1.165, 1.54) is 0 Å². The lowest BCUT2D eigenvalue weighted by molar-refractivity contribution is -0.157. The van der Waals surface area contributed by atoms with Gasteiger partial charge in [0, 0.05) is 12.8 Å². The van der Waals surface area contributed by atoms with Crippen molar-refractivity contribution in [1.29, 1.82) is 0 Å². The van der Waals surface area contributed by atoms with Crippen LogP contribution in [0, 0.1) is 17.8 Å². The summed E-state index contributed by atoms with van der Waals surface area (Å²) in [5.41, 5.74) is 0. The molecule has 0 aromatic rings. The molecule has 2 saturated carbocycles. The van der Waals surface area contributed by atoms with E-state index >= 15 is 0 Å². The summed E-state index contributed by atoms with van der Waals surface area (Å²) in [4.78, 5) is 0. The highest BCUT2D eigenvalue weighted by atomic mass is 16.7. The van der Waals surface area contributed by atoms with Gasteiger partial charge in [-0.3, -0.25) is 0 Å². The second kappa shape index (κ2) is 2.94. The van der Waals surface area contributed by atoms with Crippen molar-refractivity contribution < 1.29 is 14.6 Å². The van der Waals surface area contributed by atoms with E-state index in [-0.39, 0.29) is 11.9 Å². The predicted octanol–water partition coefficient (Wildman–Crippen LogP) is 1.16. The molecule has 0 radical (unpaired) electrons. The van der Waals surface area contributed by atoms with Gasteiger partial charge in [0.15, 0.2) is 5.79 Å². The summed E-state index contributed by atoms with van der Waals surface area (Å²) in [6, 6.07) is 0. The third kappa shape index (κ3) is 1.16. The monoisotopic (exact) mass is 198 g/mol. The number of aliphatic hydroxyl groups excluding tert-OH is 1. The lowest BCUT2D eigenvalue weighted by atomic mass is 9.93. The summed E-state index contributed by atoms with van der Waals surface area (Å²) in [6.07, 6.45) is 2.85. The highest BCUT2D eigenvalue weighted by Crippen LogP contribution is 2.54. The topological polar surface area (TPSA) is 38.7 Å². The Morgan fingerprint density at radius 1 is 1.21 bits per heavy atom. The zero-order valence-corrected chi connectivity index (χ0v) is 8.61. The Morgan fingerprint density at radius 2 is 1.93 bits per heavy atom. The van der Waals surface area contributed by atoms with Crippen LogP contribution in [0.25, 0.3) is 0 Å². The number of hydrogen-bond donors (Lipinski definition) is 1. The molecule has 3 rings (SSSR count). The van der Waals surface area contributed by atoms with Crippen LogP contribution >= 0.6 is 0 Å². The van der Waals surface area contributed by atoms with E-state index in [9.17, 15) is 5.11 Å². The van der Waals surface area contributed by atoms with Crippen molar-refractivity contribution in [2.45, 2.75) is 38.1 Å². The second-order valence-corrected chi connectivity index (χ2v) is 5.10. The molecule has 0 unspecified atom stereocenters. The minimum Gasteiger partial charge on any atom is -0.393 e. The number of ether oxygens (including phenoxy) is 2. The van der Waals surface area contributed by atoms with E-state index in [0.29, 0.717) is 17.8 Å². The predicted molar refractivity (Wildman–Crippen MR) is 50.6 cm³/mol. The van der Waals surface area contributed by atoms with Crippen LogP contribution in [0.5, 0.6) is 0 Å². The summed E-state index contributed by atoms with van der Waals surface area (Å²) in [5.74, 6) is 1.40. The van der Waals surface area contributed by atoms with Crippen LogP contribution in [-0.2, 0) is 9.47 Å². The quantitative estimate of drug-likeness (QED) is 0.634. The average Bonchev–Trinajstić information content (AvgIpc) is 2.79. The molecule has 1 heterocycles. The Kier molecular flexibility index (Phi) is 1.92. The minimum absolute atomic E-state index is 0.0937. The van der Waals surface area contributed by atoms with Crippen molar-refractivity contribution in [2.75, 3.05) is 13.2 Å². The van der Waals surface area contributed by atoms with Crippen molar-refractivity contribution in [3.63, 3.8) is 0 Å². The fourth-order valence-corrected chi connectivity index (χ4v) is 3.58. The molecular weight excluding hydrogens is 180 g/mol. The SMILES string of the molecule is C[C@H]1[C@@H]2CC3(C[C@@H]2C[C@@H]1O)OCCO3. The Bertz CT molecular complexity index is 235. The molecule has 0 amide bonds. The first-order valence-corrected chi connectivity index (χ1v) is 5.66. The van der Waals surface area contributed by atoms with Crippen LogP contribution in [0.15, 0.2) is 0 Å². The van der Waals surface area contributed by atoms with Crippen LogP contribution in [0.4, 0.5) is 0 Å². The highest BCUT2D eigenvalue weighted by Gasteiger charge is 2.55. The van der Waals surface area contributed by atoms with Gasteiger partial charge < -0.3 is 14.6 Å². The largest absolute Gasteiger partial charge is 0.393 e. The van der Waals surface area contributed by atoms with Crippen molar-refractivity contribution in [2.24, 2.45) is 17.8 Å². The van der Waals surface area contributed by atoms with E-state index in [4.69, 9.17) is 9.47 Å². The molecule has 3 fully saturated rings. The first kappa shape index (κ1) is 9.13. The fourth-order valence-electron chi connectivity index (χ4n) is 3.58. The molecule has 1 spiro atoms. The fraction of sp³-hybridized carbons (Fsp3) is 1.00. The summed E-state index contributed by atoms with van der Waals surface area (Å²) >= 11 is 0. The van der Waals surface area contributed by atoms with Gasteiger partial charge in [0.1, 0.15) is 0 Å². The maximum absolute atomic E-state index is 9.75. The Balaban J connectivity index is 1.77. The smallest absolute Gasteiger partial charge is 0.169 e. The third-order valence-electron chi connectivity index (χ3n) is 4.37. The molecule has 0 aromatic heterocycles. The Morgan fingerprint density at radius 3 is 2.57 bits per heavy atom. The van der Waals surface area contributed by atoms with Gasteiger partial charge >= 0.3 is 0 Å². The van der Waals surface area contributed by atoms with Gasteiger partial charge in [-0.2, -0.15) is 0 Å². The molecule has 4 atom stereocenters. The number of fused-ring (bicyclic) bond motifs is 1. The van der Waals surface area contributed by atoms with Gasteiger partial charge in [-0.05, 0) is 24.2 Å². The lowest BCUT2D eigenvalue weighted by Crippen LogP contribution is -2.29. The van der Waals surface area contributed by atoms with Crippen LogP contribution in [0.1, 0.15) is 26.2 Å².